The molecule has 0 saturated heterocycles. The molecule has 0 fully saturated rings. The Labute approximate surface area is 89.8 Å². The van der Waals surface area contributed by atoms with Crippen molar-refractivity contribution in [3.63, 3.8) is 0 Å². The van der Waals surface area contributed by atoms with E-state index in [1.165, 1.54) is 7.11 Å². The topological polar surface area (TPSA) is 39.2 Å². The van der Waals surface area contributed by atoms with Gasteiger partial charge in [-0.25, -0.2) is 0 Å². The van der Waals surface area contributed by atoms with Gasteiger partial charge in [0.15, 0.2) is 0 Å². The summed E-state index contributed by atoms with van der Waals surface area (Å²) in [5.41, 5.74) is 0.895. The van der Waals surface area contributed by atoms with Crippen molar-refractivity contribution in [2.24, 2.45) is 0 Å². The van der Waals surface area contributed by atoms with Crippen LogP contribution in [-0.4, -0.2) is 18.1 Å². The second-order valence-corrected chi connectivity index (χ2v) is 3.23. The number of hydrogen-bond donors (Lipinski definition) is 0. The monoisotopic (exact) mass is 205 g/mol. The van der Waals surface area contributed by atoms with Gasteiger partial charge in [-0.15, -0.1) is 6.58 Å². The lowest BCUT2D eigenvalue weighted by Crippen LogP contribution is -2.14. The number of aromatic nitrogens is 1. The molecule has 0 spiro atoms. The van der Waals surface area contributed by atoms with Gasteiger partial charge in [0.25, 0.3) is 0 Å². The van der Waals surface area contributed by atoms with Gasteiger partial charge in [0.05, 0.1) is 13.0 Å². The number of hydrogen-bond acceptors (Lipinski definition) is 3. The van der Waals surface area contributed by atoms with Gasteiger partial charge in [0.1, 0.15) is 0 Å². The molecule has 1 rings (SSSR count). The summed E-state index contributed by atoms with van der Waals surface area (Å²) in [5, 5.41) is 0. The van der Waals surface area contributed by atoms with Crippen LogP contribution in [-0.2, 0) is 9.53 Å². The third-order valence-corrected chi connectivity index (χ3v) is 2.23. The first-order valence-corrected chi connectivity index (χ1v) is 4.88. The molecule has 0 saturated carbocycles. The molecule has 1 heterocycles. The van der Waals surface area contributed by atoms with Gasteiger partial charge in [-0.1, -0.05) is 12.1 Å². The van der Waals surface area contributed by atoms with Crippen LogP contribution in [0.3, 0.4) is 0 Å². The first-order chi connectivity index (χ1) is 7.29. The van der Waals surface area contributed by atoms with E-state index in [1.54, 1.807) is 18.5 Å². The lowest BCUT2D eigenvalue weighted by atomic mass is 9.96. The summed E-state index contributed by atoms with van der Waals surface area (Å²) >= 11 is 0. The maximum atomic E-state index is 11.5. The number of esters is 1. The Morgan fingerprint density at radius 3 is 3.07 bits per heavy atom. The third kappa shape index (κ3) is 3.20. The maximum absolute atomic E-state index is 11.5. The van der Waals surface area contributed by atoms with E-state index >= 15 is 0 Å². The molecule has 1 unspecified atom stereocenters. The van der Waals surface area contributed by atoms with Gasteiger partial charge in [-0.3, -0.25) is 9.78 Å². The summed E-state index contributed by atoms with van der Waals surface area (Å²) in [6, 6.07) is 3.71. The Hall–Kier alpha value is -1.64. The van der Waals surface area contributed by atoms with Crippen molar-refractivity contribution in [3.05, 3.63) is 42.7 Å². The minimum Gasteiger partial charge on any atom is -0.469 e. The first-order valence-electron chi connectivity index (χ1n) is 4.88. The van der Waals surface area contributed by atoms with Crippen LogP contribution < -0.4 is 0 Å². The van der Waals surface area contributed by atoms with E-state index in [9.17, 15) is 4.79 Å². The fourth-order valence-electron chi connectivity index (χ4n) is 1.43. The third-order valence-electron chi connectivity index (χ3n) is 2.23. The quantitative estimate of drug-likeness (QED) is 0.547. The molecule has 0 aliphatic heterocycles. The van der Waals surface area contributed by atoms with E-state index < -0.39 is 0 Å². The number of methoxy groups -OCH3 is 1. The number of nitrogens with zero attached hydrogens (tertiary/aromatic N) is 1. The normalized spacial score (nSPS) is 11.8. The van der Waals surface area contributed by atoms with E-state index in [1.807, 2.05) is 12.1 Å². The summed E-state index contributed by atoms with van der Waals surface area (Å²) < 4.78 is 4.76. The summed E-state index contributed by atoms with van der Waals surface area (Å²) in [6.07, 6.45) is 6.68. The number of ether oxygens (including phenoxy) is 1. The van der Waals surface area contributed by atoms with Crippen LogP contribution in [0, 0.1) is 0 Å². The Morgan fingerprint density at radius 1 is 1.73 bits per heavy atom. The SMILES string of the molecule is C=CCCC(C(=O)OC)c1cccnc1. The van der Waals surface area contributed by atoms with Gasteiger partial charge >= 0.3 is 5.97 Å². The number of allylic oxidation sites excluding steroid dienone is 1. The summed E-state index contributed by atoms with van der Waals surface area (Å²) in [6.45, 7) is 3.64. The van der Waals surface area contributed by atoms with Crippen molar-refractivity contribution in [2.45, 2.75) is 18.8 Å². The molecular formula is C12H15NO2. The molecule has 1 aromatic heterocycles. The van der Waals surface area contributed by atoms with Gasteiger partial charge in [0.2, 0.25) is 0 Å². The summed E-state index contributed by atoms with van der Waals surface area (Å²) in [4.78, 5) is 15.5. The average Bonchev–Trinajstić information content (AvgIpc) is 2.30. The number of carbonyl (C=O) groups excluding carboxylic acids is 1. The van der Waals surface area contributed by atoms with Crippen molar-refractivity contribution in [2.75, 3.05) is 7.11 Å². The van der Waals surface area contributed by atoms with E-state index in [-0.39, 0.29) is 11.9 Å². The fourth-order valence-corrected chi connectivity index (χ4v) is 1.43. The number of pyridine rings is 1. The standard InChI is InChI=1S/C12H15NO2/c1-3-4-7-11(12(14)15-2)10-6-5-8-13-9-10/h3,5-6,8-9,11H,1,4,7H2,2H3. The van der Waals surface area contributed by atoms with Crippen molar-refractivity contribution in [3.8, 4) is 0 Å². The largest absolute Gasteiger partial charge is 0.469 e. The van der Waals surface area contributed by atoms with Crippen LogP contribution >= 0.6 is 0 Å². The van der Waals surface area contributed by atoms with Crippen molar-refractivity contribution in [1.29, 1.82) is 0 Å². The predicted molar refractivity (Wildman–Crippen MR) is 58.4 cm³/mol. The van der Waals surface area contributed by atoms with E-state index in [4.69, 9.17) is 4.74 Å². The zero-order valence-electron chi connectivity index (χ0n) is 8.85. The Morgan fingerprint density at radius 2 is 2.53 bits per heavy atom. The van der Waals surface area contributed by atoms with Crippen LogP contribution in [0.2, 0.25) is 0 Å². The van der Waals surface area contributed by atoms with Crippen molar-refractivity contribution < 1.29 is 9.53 Å². The number of rotatable bonds is 5. The molecule has 0 amide bonds. The first kappa shape index (κ1) is 11.4. The molecule has 1 aromatic rings. The van der Waals surface area contributed by atoms with Crippen molar-refractivity contribution in [1.82, 2.24) is 4.98 Å². The van der Waals surface area contributed by atoms with Crippen LogP contribution in [0.25, 0.3) is 0 Å². The van der Waals surface area contributed by atoms with Gasteiger partial charge in [-0.05, 0) is 24.5 Å². The van der Waals surface area contributed by atoms with Crippen LogP contribution in [0.5, 0.6) is 0 Å². The van der Waals surface area contributed by atoms with E-state index in [0.717, 1.165) is 12.0 Å². The molecular weight excluding hydrogens is 190 g/mol. The molecule has 1 atom stereocenters. The smallest absolute Gasteiger partial charge is 0.313 e. The van der Waals surface area contributed by atoms with Crippen LogP contribution in [0.1, 0.15) is 24.3 Å². The average molecular weight is 205 g/mol. The second-order valence-electron chi connectivity index (χ2n) is 3.23. The Balaban J connectivity index is 2.81. The molecule has 80 valence electrons. The fraction of sp³-hybridized carbons (Fsp3) is 0.333. The van der Waals surface area contributed by atoms with Crippen LogP contribution in [0.4, 0.5) is 0 Å². The second kappa shape index (κ2) is 5.96. The summed E-state index contributed by atoms with van der Waals surface area (Å²) in [7, 11) is 1.40. The highest BCUT2D eigenvalue weighted by atomic mass is 16.5. The van der Waals surface area contributed by atoms with Gasteiger partial charge in [-0.2, -0.15) is 0 Å². The molecule has 0 N–H and O–H groups in total. The molecule has 3 heteroatoms. The molecule has 0 radical (unpaired) electrons. The molecule has 0 aromatic carbocycles. The molecule has 0 aliphatic rings. The zero-order valence-corrected chi connectivity index (χ0v) is 8.85. The highest BCUT2D eigenvalue weighted by Crippen LogP contribution is 2.21. The Kier molecular flexibility index (Phi) is 4.54. The van der Waals surface area contributed by atoms with Crippen molar-refractivity contribution >= 4 is 5.97 Å². The summed E-state index contributed by atoms with van der Waals surface area (Å²) in [5.74, 6) is -0.452. The lowest BCUT2D eigenvalue weighted by molar-refractivity contribution is -0.142. The van der Waals surface area contributed by atoms with Gasteiger partial charge < -0.3 is 4.74 Å². The molecule has 0 aliphatic carbocycles. The predicted octanol–water partition coefficient (Wildman–Crippen LogP) is 2.30. The van der Waals surface area contributed by atoms with E-state index in [2.05, 4.69) is 11.6 Å². The highest BCUT2D eigenvalue weighted by Gasteiger charge is 2.20. The zero-order chi connectivity index (χ0) is 11.1. The highest BCUT2D eigenvalue weighted by molar-refractivity contribution is 5.77. The van der Waals surface area contributed by atoms with Gasteiger partial charge in [0, 0.05) is 12.4 Å². The lowest BCUT2D eigenvalue weighted by Gasteiger charge is -2.13. The molecule has 15 heavy (non-hydrogen) atoms. The van der Waals surface area contributed by atoms with E-state index in [0.29, 0.717) is 6.42 Å². The minimum absolute atomic E-state index is 0.218. The maximum Gasteiger partial charge on any atom is 0.313 e. The number of carbonyl (C=O) groups is 1. The van der Waals surface area contributed by atoms with Crippen LogP contribution in [0.15, 0.2) is 37.2 Å². The Bertz CT molecular complexity index is 322. The minimum atomic E-state index is -0.235. The molecule has 3 nitrogen and oxygen atoms in total. The molecule has 0 bridgehead atoms.